The number of H-pyrrole nitrogens is 1. The van der Waals surface area contributed by atoms with Crippen molar-refractivity contribution in [1.29, 1.82) is 0 Å². The molecule has 5 heteroatoms. The van der Waals surface area contributed by atoms with E-state index in [4.69, 9.17) is 0 Å². The molecular weight excluding hydrogens is 330 g/mol. The van der Waals surface area contributed by atoms with Crippen LogP contribution in [0.3, 0.4) is 0 Å². The lowest BCUT2D eigenvalue weighted by atomic mass is 10.0. The van der Waals surface area contributed by atoms with E-state index in [1.807, 2.05) is 41.8 Å². The Labute approximate surface area is 148 Å². The van der Waals surface area contributed by atoms with Crippen LogP contribution in [0.4, 0.5) is 5.69 Å². The number of anilines is 1. The molecule has 2 heterocycles. The van der Waals surface area contributed by atoms with E-state index >= 15 is 0 Å². The van der Waals surface area contributed by atoms with Gasteiger partial charge in [0.1, 0.15) is 5.69 Å². The molecule has 0 fully saturated rings. The SMILES string of the molecule is C=CC(=O)Nc1cccc(-c2ccc3[nH]nc(-c4ccsc4)c3c2)c1. The lowest BCUT2D eigenvalue weighted by molar-refractivity contribution is -0.111. The van der Waals surface area contributed by atoms with Gasteiger partial charge in [0, 0.05) is 22.0 Å². The van der Waals surface area contributed by atoms with Crippen molar-refractivity contribution in [2.24, 2.45) is 0 Å². The highest BCUT2D eigenvalue weighted by atomic mass is 32.1. The van der Waals surface area contributed by atoms with E-state index in [9.17, 15) is 4.79 Å². The number of thiophene rings is 1. The second-order valence-corrected chi connectivity index (χ2v) is 6.40. The Kier molecular flexibility index (Phi) is 3.91. The van der Waals surface area contributed by atoms with E-state index in [-0.39, 0.29) is 5.91 Å². The first-order chi connectivity index (χ1) is 12.2. The lowest BCUT2D eigenvalue weighted by Crippen LogP contribution is -2.06. The zero-order chi connectivity index (χ0) is 17.2. The van der Waals surface area contributed by atoms with Gasteiger partial charge in [0.2, 0.25) is 5.91 Å². The molecule has 0 aliphatic heterocycles. The van der Waals surface area contributed by atoms with E-state index in [1.165, 1.54) is 6.08 Å². The summed E-state index contributed by atoms with van der Waals surface area (Å²) < 4.78 is 0. The molecule has 2 aromatic heterocycles. The summed E-state index contributed by atoms with van der Waals surface area (Å²) in [6.45, 7) is 3.48. The van der Waals surface area contributed by atoms with Gasteiger partial charge in [-0.25, -0.2) is 0 Å². The summed E-state index contributed by atoms with van der Waals surface area (Å²) in [4.78, 5) is 11.5. The second-order valence-electron chi connectivity index (χ2n) is 5.62. The molecule has 0 spiro atoms. The molecule has 122 valence electrons. The maximum absolute atomic E-state index is 11.5. The zero-order valence-corrected chi connectivity index (χ0v) is 14.1. The van der Waals surface area contributed by atoms with E-state index in [1.54, 1.807) is 11.3 Å². The number of hydrogen-bond acceptors (Lipinski definition) is 3. The van der Waals surface area contributed by atoms with Gasteiger partial charge in [0.25, 0.3) is 0 Å². The molecule has 4 aromatic rings. The summed E-state index contributed by atoms with van der Waals surface area (Å²) >= 11 is 1.65. The Bertz CT molecular complexity index is 1060. The van der Waals surface area contributed by atoms with Crippen LogP contribution in [0.1, 0.15) is 0 Å². The third-order valence-electron chi connectivity index (χ3n) is 4.01. The molecule has 0 atom stereocenters. The second kappa shape index (κ2) is 6.37. The smallest absolute Gasteiger partial charge is 0.247 e. The fourth-order valence-corrected chi connectivity index (χ4v) is 3.42. The van der Waals surface area contributed by atoms with Gasteiger partial charge in [-0.05, 0) is 52.9 Å². The van der Waals surface area contributed by atoms with E-state index < -0.39 is 0 Å². The number of hydrogen-bond donors (Lipinski definition) is 2. The van der Waals surface area contributed by atoms with Crippen LogP contribution in [-0.4, -0.2) is 16.1 Å². The highest BCUT2D eigenvalue weighted by Gasteiger charge is 2.10. The van der Waals surface area contributed by atoms with Gasteiger partial charge in [-0.1, -0.05) is 24.8 Å². The van der Waals surface area contributed by atoms with Crippen molar-refractivity contribution in [2.45, 2.75) is 0 Å². The molecule has 0 unspecified atom stereocenters. The van der Waals surface area contributed by atoms with Crippen LogP contribution in [0, 0.1) is 0 Å². The number of aromatic nitrogens is 2. The van der Waals surface area contributed by atoms with Gasteiger partial charge >= 0.3 is 0 Å². The predicted molar refractivity (Wildman–Crippen MR) is 104 cm³/mol. The Morgan fingerprint density at radius 3 is 2.80 bits per heavy atom. The molecule has 0 radical (unpaired) electrons. The summed E-state index contributed by atoms with van der Waals surface area (Å²) in [5, 5.41) is 15.6. The number of carbonyl (C=O) groups excluding carboxylic acids is 1. The highest BCUT2D eigenvalue weighted by Crippen LogP contribution is 2.32. The van der Waals surface area contributed by atoms with Crippen molar-refractivity contribution in [3.8, 4) is 22.4 Å². The molecule has 0 saturated heterocycles. The number of fused-ring (bicyclic) bond motifs is 1. The molecule has 25 heavy (non-hydrogen) atoms. The van der Waals surface area contributed by atoms with Crippen LogP contribution in [-0.2, 0) is 4.79 Å². The summed E-state index contributed by atoms with van der Waals surface area (Å²) in [5.41, 5.74) is 5.91. The minimum Gasteiger partial charge on any atom is -0.323 e. The van der Waals surface area contributed by atoms with Crippen molar-refractivity contribution < 1.29 is 4.79 Å². The molecule has 0 aliphatic rings. The summed E-state index contributed by atoms with van der Waals surface area (Å²) in [6, 6.07) is 16.0. The minimum absolute atomic E-state index is 0.220. The van der Waals surface area contributed by atoms with Crippen LogP contribution in [0.5, 0.6) is 0 Å². The standard InChI is InChI=1S/C20H15N3OS/c1-2-19(24)21-16-5-3-4-13(10-16)14-6-7-18-17(11-14)20(23-22-18)15-8-9-25-12-15/h2-12H,1H2,(H,21,24)(H,22,23). The van der Waals surface area contributed by atoms with Crippen molar-refractivity contribution in [3.63, 3.8) is 0 Å². The average Bonchev–Trinajstić information content (AvgIpc) is 3.30. The Morgan fingerprint density at radius 1 is 1.12 bits per heavy atom. The number of nitrogens with zero attached hydrogens (tertiary/aromatic N) is 1. The minimum atomic E-state index is -0.220. The maximum atomic E-state index is 11.5. The van der Waals surface area contributed by atoms with Crippen molar-refractivity contribution in [3.05, 3.63) is 71.9 Å². The zero-order valence-electron chi connectivity index (χ0n) is 13.3. The quantitative estimate of drug-likeness (QED) is 0.507. The van der Waals surface area contributed by atoms with Gasteiger partial charge in [0.15, 0.2) is 0 Å². The monoisotopic (exact) mass is 345 g/mol. The average molecular weight is 345 g/mol. The molecular formula is C20H15N3OS. The van der Waals surface area contributed by atoms with E-state index in [0.717, 1.165) is 39.0 Å². The molecule has 2 N–H and O–H groups in total. The molecule has 1 amide bonds. The number of nitrogens with one attached hydrogen (secondary N) is 2. The topological polar surface area (TPSA) is 57.8 Å². The third kappa shape index (κ3) is 2.97. The Morgan fingerprint density at radius 2 is 2.00 bits per heavy atom. The molecule has 2 aromatic carbocycles. The molecule has 0 saturated carbocycles. The number of aromatic amines is 1. The van der Waals surface area contributed by atoms with Gasteiger partial charge < -0.3 is 5.32 Å². The van der Waals surface area contributed by atoms with Crippen LogP contribution in [0.25, 0.3) is 33.3 Å². The van der Waals surface area contributed by atoms with Crippen LogP contribution < -0.4 is 5.32 Å². The first-order valence-electron chi connectivity index (χ1n) is 7.79. The van der Waals surface area contributed by atoms with Gasteiger partial charge in [-0.3, -0.25) is 9.89 Å². The van der Waals surface area contributed by atoms with Gasteiger partial charge in [0.05, 0.1) is 5.52 Å². The summed E-state index contributed by atoms with van der Waals surface area (Å²) in [5.74, 6) is -0.220. The Balaban J connectivity index is 1.77. The fourth-order valence-electron chi connectivity index (χ4n) is 2.78. The van der Waals surface area contributed by atoms with Gasteiger partial charge in [-0.2, -0.15) is 16.4 Å². The fraction of sp³-hybridized carbons (Fsp3) is 0. The first-order valence-corrected chi connectivity index (χ1v) is 8.73. The van der Waals surface area contributed by atoms with Crippen molar-refractivity contribution in [2.75, 3.05) is 5.32 Å². The summed E-state index contributed by atoms with van der Waals surface area (Å²) in [7, 11) is 0. The third-order valence-corrected chi connectivity index (χ3v) is 4.69. The van der Waals surface area contributed by atoms with E-state index in [2.05, 4.69) is 39.6 Å². The van der Waals surface area contributed by atoms with Crippen molar-refractivity contribution in [1.82, 2.24) is 10.2 Å². The van der Waals surface area contributed by atoms with Crippen molar-refractivity contribution >= 4 is 33.8 Å². The highest BCUT2D eigenvalue weighted by molar-refractivity contribution is 7.08. The largest absolute Gasteiger partial charge is 0.323 e. The van der Waals surface area contributed by atoms with Crippen LogP contribution in [0.2, 0.25) is 0 Å². The lowest BCUT2D eigenvalue weighted by Gasteiger charge is -2.07. The summed E-state index contributed by atoms with van der Waals surface area (Å²) in [6.07, 6.45) is 1.26. The molecule has 0 bridgehead atoms. The molecule has 0 aliphatic carbocycles. The van der Waals surface area contributed by atoms with Gasteiger partial charge in [-0.15, -0.1) is 0 Å². The predicted octanol–water partition coefficient (Wildman–Crippen LogP) is 5.08. The molecule has 4 rings (SSSR count). The molecule has 4 nitrogen and oxygen atoms in total. The first kappa shape index (κ1) is 15.4. The maximum Gasteiger partial charge on any atom is 0.247 e. The Hall–Kier alpha value is -3.18. The van der Waals surface area contributed by atoms with Crippen LogP contribution in [0.15, 0.2) is 71.9 Å². The normalized spacial score (nSPS) is 10.7. The number of amides is 1. The number of carbonyl (C=O) groups is 1. The van der Waals surface area contributed by atoms with E-state index in [0.29, 0.717) is 0 Å². The van der Waals surface area contributed by atoms with Crippen LogP contribution >= 0.6 is 11.3 Å². The number of benzene rings is 2. The number of rotatable bonds is 4.